The fourth-order valence-electron chi connectivity index (χ4n) is 6.44. The van der Waals surface area contributed by atoms with Crippen molar-refractivity contribution in [3.05, 3.63) is 88.0 Å². The molecule has 1 saturated carbocycles. The summed E-state index contributed by atoms with van der Waals surface area (Å²) in [4.78, 5) is 42.0. The van der Waals surface area contributed by atoms with Crippen molar-refractivity contribution >= 4 is 27.8 Å². The number of fused-ring (bicyclic) bond motifs is 2. The zero-order valence-corrected chi connectivity index (χ0v) is 24.2. The number of carbonyl (C=O) groups excluding carboxylic acids is 1. The Hall–Kier alpha value is -4.57. The number of aromatic nitrogens is 4. The van der Waals surface area contributed by atoms with Crippen LogP contribution in [0.3, 0.4) is 0 Å². The summed E-state index contributed by atoms with van der Waals surface area (Å²) in [5, 5.41) is 12.0. The minimum absolute atomic E-state index is 0.0240. The Balaban J connectivity index is 1.27. The molecule has 2 aliphatic rings. The van der Waals surface area contributed by atoms with E-state index in [-0.39, 0.29) is 23.9 Å². The highest BCUT2D eigenvalue weighted by atomic mass is 19.1. The second-order valence-electron chi connectivity index (χ2n) is 11.8. The highest BCUT2D eigenvalue weighted by molar-refractivity contribution is 5.93. The van der Waals surface area contributed by atoms with Crippen LogP contribution >= 0.6 is 0 Å². The van der Waals surface area contributed by atoms with Crippen LogP contribution in [0.5, 0.6) is 0 Å². The van der Waals surface area contributed by atoms with E-state index in [1.807, 2.05) is 23.1 Å². The Morgan fingerprint density at radius 3 is 2.58 bits per heavy atom. The van der Waals surface area contributed by atoms with Crippen molar-refractivity contribution in [3.8, 4) is 16.9 Å². The van der Waals surface area contributed by atoms with Crippen LogP contribution < -0.4 is 5.56 Å². The maximum Gasteiger partial charge on any atom is 0.319 e. The monoisotopic (exact) mass is 580 g/mol. The first kappa shape index (κ1) is 27.3. The molecular formula is C33H33FN6O3. The molecular weight excluding hydrogens is 547 g/mol. The number of urea groups is 1. The molecule has 1 saturated heterocycles. The van der Waals surface area contributed by atoms with Gasteiger partial charge in [-0.05, 0) is 66.8 Å². The molecule has 10 heteroatoms. The maximum atomic E-state index is 15.2. The standard InChI is InChI=1S/C33H33FN6O3/c1-38(2)33(43)39-11-8-20(9-12-39)27-16-24-30(35-18-36-31(24)37-27)23-4-3-5-28(25(23)17-41)40-13-10-21-14-22(19-6-7-19)15-26(34)29(21)32(40)42/h3-5,10,13-16,18-20,41H,6-9,11-12,17H2,1-2H3,(H,35,36,37). The number of nitrogens with one attached hydrogen (secondary N) is 1. The van der Waals surface area contributed by atoms with Crippen molar-refractivity contribution in [2.45, 2.75) is 44.1 Å². The van der Waals surface area contributed by atoms with Crippen molar-refractivity contribution in [1.29, 1.82) is 0 Å². The lowest BCUT2D eigenvalue weighted by atomic mass is 9.93. The minimum atomic E-state index is -0.519. The molecule has 0 spiro atoms. The fraction of sp³-hybridized carbons (Fsp3) is 0.333. The summed E-state index contributed by atoms with van der Waals surface area (Å²) in [6.07, 6.45) is 6.89. The van der Waals surface area contributed by atoms with Gasteiger partial charge in [-0.2, -0.15) is 0 Å². The lowest BCUT2D eigenvalue weighted by molar-refractivity contribution is 0.156. The van der Waals surface area contributed by atoms with E-state index in [2.05, 4.69) is 21.0 Å². The normalized spacial score (nSPS) is 15.9. The van der Waals surface area contributed by atoms with E-state index in [0.29, 0.717) is 52.5 Å². The SMILES string of the molecule is CN(C)C(=O)N1CCC(c2cc3c(-c4cccc(-n5ccc6cc(C7CC7)cc(F)c6c5=O)c4CO)ncnc3[nH]2)CC1. The Bertz CT molecular complexity index is 1940. The molecule has 7 rings (SSSR count). The first-order chi connectivity index (χ1) is 20.8. The second kappa shape index (κ2) is 10.6. The number of piperidine rings is 1. The third kappa shape index (κ3) is 4.75. The van der Waals surface area contributed by atoms with Crippen LogP contribution in [0.4, 0.5) is 9.18 Å². The molecule has 2 N–H and O–H groups in total. The van der Waals surface area contributed by atoms with Crippen molar-refractivity contribution in [3.63, 3.8) is 0 Å². The number of carbonyl (C=O) groups is 1. The van der Waals surface area contributed by atoms with Crippen molar-refractivity contribution in [2.75, 3.05) is 27.2 Å². The van der Waals surface area contributed by atoms with Crippen molar-refractivity contribution < 1.29 is 14.3 Å². The molecule has 5 aromatic rings. The molecule has 9 nitrogen and oxygen atoms in total. The predicted molar refractivity (Wildman–Crippen MR) is 163 cm³/mol. The van der Waals surface area contributed by atoms with Gasteiger partial charge in [0, 0.05) is 61.5 Å². The van der Waals surface area contributed by atoms with Crippen LogP contribution in [0, 0.1) is 5.82 Å². The lowest BCUT2D eigenvalue weighted by Gasteiger charge is -2.33. The molecule has 0 atom stereocenters. The summed E-state index contributed by atoms with van der Waals surface area (Å²) in [5.41, 5.74) is 4.45. The number of aliphatic hydroxyl groups is 1. The molecule has 0 bridgehead atoms. The summed E-state index contributed by atoms with van der Waals surface area (Å²) in [6.45, 7) is 1.00. The number of likely N-dealkylation sites (tertiary alicyclic amines) is 1. The smallest absolute Gasteiger partial charge is 0.319 e. The summed E-state index contributed by atoms with van der Waals surface area (Å²) < 4.78 is 16.6. The van der Waals surface area contributed by atoms with Crippen LogP contribution in [0.25, 0.3) is 38.8 Å². The predicted octanol–water partition coefficient (Wildman–Crippen LogP) is 5.30. The summed E-state index contributed by atoms with van der Waals surface area (Å²) in [6, 6.07) is 12.7. The molecule has 1 aliphatic heterocycles. The number of halogens is 1. The Kier molecular flexibility index (Phi) is 6.73. The number of aromatic amines is 1. The molecule has 4 heterocycles. The molecule has 3 aromatic heterocycles. The van der Waals surface area contributed by atoms with Crippen molar-refractivity contribution in [2.24, 2.45) is 0 Å². The highest BCUT2D eigenvalue weighted by Gasteiger charge is 2.27. The Morgan fingerprint density at radius 1 is 1.07 bits per heavy atom. The number of pyridine rings is 1. The van der Waals surface area contributed by atoms with Crippen LogP contribution in [0.15, 0.2) is 59.8 Å². The van der Waals surface area contributed by atoms with Gasteiger partial charge in [0.15, 0.2) is 0 Å². The van der Waals surface area contributed by atoms with Gasteiger partial charge in [-0.25, -0.2) is 19.2 Å². The van der Waals surface area contributed by atoms with Crippen LogP contribution in [-0.4, -0.2) is 67.6 Å². The number of hydrogen-bond donors (Lipinski definition) is 2. The molecule has 2 aromatic carbocycles. The Morgan fingerprint density at radius 2 is 1.86 bits per heavy atom. The molecule has 220 valence electrons. The van der Waals surface area contributed by atoms with Crippen LogP contribution in [-0.2, 0) is 6.61 Å². The fourth-order valence-corrected chi connectivity index (χ4v) is 6.44. The average molecular weight is 581 g/mol. The number of aliphatic hydroxyl groups excluding tert-OH is 1. The first-order valence-electron chi connectivity index (χ1n) is 14.7. The van der Waals surface area contributed by atoms with Gasteiger partial charge in [0.1, 0.15) is 17.8 Å². The number of amides is 2. The number of benzene rings is 2. The molecule has 43 heavy (non-hydrogen) atoms. The topological polar surface area (TPSA) is 107 Å². The number of nitrogens with zero attached hydrogens (tertiary/aromatic N) is 5. The van der Waals surface area contributed by atoms with Gasteiger partial charge in [0.05, 0.1) is 23.4 Å². The quantitative estimate of drug-likeness (QED) is 0.294. The van der Waals surface area contributed by atoms with E-state index in [0.717, 1.165) is 42.3 Å². The van der Waals surface area contributed by atoms with Gasteiger partial charge in [-0.3, -0.25) is 9.36 Å². The summed E-state index contributed by atoms with van der Waals surface area (Å²) in [5.74, 6) is 0.0934. The van der Waals surface area contributed by atoms with E-state index < -0.39 is 11.4 Å². The molecule has 2 amide bonds. The average Bonchev–Trinajstić information content (AvgIpc) is 3.78. The van der Waals surface area contributed by atoms with Gasteiger partial charge in [-0.15, -0.1) is 0 Å². The molecule has 1 aliphatic carbocycles. The second-order valence-corrected chi connectivity index (χ2v) is 11.8. The van der Waals surface area contributed by atoms with Crippen molar-refractivity contribution in [1.82, 2.24) is 29.3 Å². The third-order valence-corrected chi connectivity index (χ3v) is 8.89. The zero-order valence-electron chi connectivity index (χ0n) is 24.2. The molecule has 0 radical (unpaired) electrons. The van der Waals surface area contributed by atoms with E-state index in [1.165, 1.54) is 17.0 Å². The van der Waals surface area contributed by atoms with Crippen LogP contribution in [0.1, 0.15) is 54.3 Å². The highest BCUT2D eigenvalue weighted by Crippen LogP contribution is 2.41. The van der Waals surface area contributed by atoms with E-state index in [1.54, 1.807) is 37.3 Å². The van der Waals surface area contributed by atoms with E-state index in [9.17, 15) is 14.7 Å². The Labute approximate surface area is 247 Å². The molecule has 2 fully saturated rings. The van der Waals surface area contributed by atoms with Gasteiger partial charge < -0.3 is 19.9 Å². The van der Waals surface area contributed by atoms with Gasteiger partial charge >= 0.3 is 6.03 Å². The van der Waals surface area contributed by atoms with Gasteiger partial charge in [0.2, 0.25) is 0 Å². The largest absolute Gasteiger partial charge is 0.392 e. The first-order valence-corrected chi connectivity index (χ1v) is 14.7. The number of H-pyrrole nitrogens is 1. The third-order valence-electron chi connectivity index (χ3n) is 8.89. The maximum absolute atomic E-state index is 15.2. The van der Waals surface area contributed by atoms with Gasteiger partial charge in [0.25, 0.3) is 5.56 Å². The summed E-state index contributed by atoms with van der Waals surface area (Å²) >= 11 is 0. The van der Waals surface area contributed by atoms with E-state index >= 15 is 4.39 Å². The van der Waals surface area contributed by atoms with E-state index in [4.69, 9.17) is 0 Å². The minimum Gasteiger partial charge on any atom is -0.392 e. The zero-order chi connectivity index (χ0) is 29.8. The molecule has 0 unspecified atom stereocenters. The summed E-state index contributed by atoms with van der Waals surface area (Å²) in [7, 11) is 3.53. The van der Waals surface area contributed by atoms with Gasteiger partial charge in [-0.1, -0.05) is 18.2 Å². The number of rotatable bonds is 5. The van der Waals surface area contributed by atoms with Crippen LogP contribution in [0.2, 0.25) is 0 Å². The lowest BCUT2D eigenvalue weighted by Crippen LogP contribution is -2.43. The number of hydrogen-bond acceptors (Lipinski definition) is 5.